The third-order valence-corrected chi connectivity index (χ3v) is 5.43. The highest BCUT2D eigenvalue weighted by molar-refractivity contribution is 8.18. The molecule has 0 bridgehead atoms. The average Bonchev–Trinajstić information content (AvgIpc) is 2.98. The van der Waals surface area contributed by atoms with Crippen LogP contribution in [-0.4, -0.2) is 41.9 Å². The number of hydrogen-bond acceptors (Lipinski definition) is 6. The molecule has 1 saturated heterocycles. The first-order chi connectivity index (χ1) is 14.9. The van der Waals surface area contributed by atoms with Crippen molar-refractivity contribution in [3.8, 4) is 17.2 Å². The number of halogens is 1. The monoisotopic (exact) mass is 461 g/mol. The lowest BCUT2D eigenvalue weighted by molar-refractivity contribution is -0.123. The molecule has 0 spiro atoms. The molecule has 3 rings (SSSR count). The third kappa shape index (κ3) is 5.95. The Morgan fingerprint density at radius 3 is 2.55 bits per heavy atom. The second-order valence-electron chi connectivity index (χ2n) is 6.92. The molecular weight excluding hydrogens is 438 g/mol. The molecule has 0 atom stereocenters. The van der Waals surface area contributed by atoms with Gasteiger partial charge in [0.15, 0.2) is 11.5 Å². The number of thioether (sulfide) groups is 1. The minimum Gasteiger partial charge on any atom is -0.490 e. The summed E-state index contributed by atoms with van der Waals surface area (Å²) in [6.07, 6.45) is 1.69. The van der Waals surface area contributed by atoms with Crippen molar-refractivity contribution in [1.29, 1.82) is 0 Å². The lowest BCUT2D eigenvalue weighted by Crippen LogP contribution is -2.32. The van der Waals surface area contributed by atoms with Gasteiger partial charge in [-0.2, -0.15) is 0 Å². The highest BCUT2D eigenvalue weighted by atomic mass is 35.5. The van der Waals surface area contributed by atoms with E-state index in [-0.39, 0.29) is 30.4 Å². The van der Waals surface area contributed by atoms with Gasteiger partial charge in [0.25, 0.3) is 11.1 Å². The van der Waals surface area contributed by atoms with E-state index in [1.54, 1.807) is 42.5 Å². The molecule has 1 fully saturated rings. The van der Waals surface area contributed by atoms with Gasteiger partial charge in [-0.1, -0.05) is 29.8 Å². The van der Waals surface area contributed by atoms with Gasteiger partial charge in [-0.15, -0.1) is 0 Å². The highest BCUT2D eigenvalue weighted by Crippen LogP contribution is 2.35. The first-order valence-electron chi connectivity index (χ1n) is 9.95. The molecule has 1 aliphatic heterocycles. The van der Waals surface area contributed by atoms with Gasteiger partial charge in [-0.3, -0.25) is 14.5 Å². The Bertz CT molecular complexity index is 992. The molecule has 164 valence electrons. The van der Waals surface area contributed by atoms with Crippen LogP contribution in [0, 0.1) is 0 Å². The number of benzene rings is 2. The van der Waals surface area contributed by atoms with Gasteiger partial charge in [0.1, 0.15) is 12.4 Å². The van der Waals surface area contributed by atoms with Crippen molar-refractivity contribution in [2.24, 2.45) is 0 Å². The zero-order chi connectivity index (χ0) is 22.4. The molecule has 2 aromatic rings. The maximum Gasteiger partial charge on any atom is 0.293 e. The second-order valence-corrected chi connectivity index (χ2v) is 8.32. The Morgan fingerprint density at radius 1 is 1.06 bits per heavy atom. The number of hydrogen-bond donors (Lipinski definition) is 0. The van der Waals surface area contributed by atoms with E-state index in [4.69, 9.17) is 25.8 Å². The average molecular weight is 462 g/mol. The Morgan fingerprint density at radius 2 is 1.84 bits per heavy atom. The number of ether oxygens (including phenoxy) is 3. The fourth-order valence-electron chi connectivity index (χ4n) is 2.89. The molecule has 8 heteroatoms. The number of amides is 2. The summed E-state index contributed by atoms with van der Waals surface area (Å²) in [7, 11) is 0. The van der Waals surface area contributed by atoms with Crippen LogP contribution in [0.25, 0.3) is 6.08 Å². The predicted molar refractivity (Wildman–Crippen MR) is 123 cm³/mol. The highest BCUT2D eigenvalue weighted by Gasteiger charge is 2.34. The van der Waals surface area contributed by atoms with Crippen LogP contribution in [0.2, 0.25) is 5.02 Å². The molecule has 0 N–H and O–H groups in total. The van der Waals surface area contributed by atoms with Gasteiger partial charge in [0.05, 0.1) is 29.2 Å². The van der Waals surface area contributed by atoms with Crippen LogP contribution in [0.3, 0.4) is 0 Å². The fraction of sp³-hybridized carbons (Fsp3) is 0.304. The van der Waals surface area contributed by atoms with Crippen molar-refractivity contribution >= 4 is 40.6 Å². The summed E-state index contributed by atoms with van der Waals surface area (Å²) in [4.78, 5) is 26.6. The van der Waals surface area contributed by atoms with Crippen LogP contribution in [0.4, 0.5) is 4.79 Å². The first-order valence-corrected chi connectivity index (χ1v) is 11.1. The van der Waals surface area contributed by atoms with E-state index in [1.165, 1.54) is 4.90 Å². The largest absolute Gasteiger partial charge is 0.490 e. The zero-order valence-corrected chi connectivity index (χ0v) is 19.2. The van der Waals surface area contributed by atoms with Crippen molar-refractivity contribution < 1.29 is 23.8 Å². The van der Waals surface area contributed by atoms with Crippen LogP contribution in [0.1, 0.15) is 26.3 Å². The van der Waals surface area contributed by atoms with Gasteiger partial charge >= 0.3 is 0 Å². The van der Waals surface area contributed by atoms with Crippen LogP contribution in [0.5, 0.6) is 17.2 Å². The topological polar surface area (TPSA) is 65.1 Å². The minimum absolute atomic E-state index is 0.00884. The van der Waals surface area contributed by atoms with E-state index in [9.17, 15) is 9.59 Å². The number of nitrogens with zero attached hydrogens (tertiary/aromatic N) is 1. The lowest BCUT2D eigenvalue weighted by atomic mass is 10.2. The van der Waals surface area contributed by atoms with Crippen LogP contribution < -0.4 is 14.2 Å². The summed E-state index contributed by atoms with van der Waals surface area (Å²) in [5.41, 5.74) is 0.748. The lowest BCUT2D eigenvalue weighted by Gasteiger charge is -2.15. The van der Waals surface area contributed by atoms with E-state index in [0.29, 0.717) is 33.8 Å². The summed E-state index contributed by atoms with van der Waals surface area (Å²) >= 11 is 6.96. The molecule has 0 unspecified atom stereocenters. The molecule has 0 aliphatic carbocycles. The van der Waals surface area contributed by atoms with Gasteiger partial charge in [0, 0.05) is 0 Å². The van der Waals surface area contributed by atoms with Gasteiger partial charge in [-0.05, 0) is 68.4 Å². The number of carbonyl (C=O) groups excluding carboxylic acids is 2. The number of para-hydroxylation sites is 1. The van der Waals surface area contributed by atoms with Crippen LogP contribution >= 0.6 is 23.4 Å². The van der Waals surface area contributed by atoms with Crippen LogP contribution in [0.15, 0.2) is 47.4 Å². The second kappa shape index (κ2) is 10.6. The van der Waals surface area contributed by atoms with E-state index >= 15 is 0 Å². The molecule has 0 radical (unpaired) electrons. The van der Waals surface area contributed by atoms with E-state index < -0.39 is 0 Å². The zero-order valence-electron chi connectivity index (χ0n) is 17.6. The van der Waals surface area contributed by atoms with Gasteiger partial charge in [0.2, 0.25) is 0 Å². The summed E-state index contributed by atoms with van der Waals surface area (Å²) in [5.74, 6) is 1.40. The SMILES string of the molecule is CCOc1cc(/C=C2\SC(=O)N(CCOc3ccccc3Cl)C2=O)ccc1OC(C)C. The number of imide groups is 1. The quantitative estimate of drug-likeness (QED) is 0.450. The molecule has 31 heavy (non-hydrogen) atoms. The molecule has 0 saturated carbocycles. The molecular formula is C23H24ClNO5S. The standard InChI is InChI=1S/C23H24ClNO5S/c1-4-28-20-13-16(9-10-19(20)30-15(2)3)14-21-22(26)25(23(27)31-21)11-12-29-18-8-6-5-7-17(18)24/h5-10,13-15H,4,11-12H2,1-3H3/b21-14-. The Labute approximate surface area is 191 Å². The van der Waals surface area contributed by atoms with Crippen molar-refractivity contribution in [2.45, 2.75) is 26.9 Å². The normalized spacial score (nSPS) is 15.1. The van der Waals surface area contributed by atoms with E-state index in [1.807, 2.05) is 26.8 Å². The Hall–Kier alpha value is -2.64. The van der Waals surface area contributed by atoms with Crippen molar-refractivity contribution in [2.75, 3.05) is 19.8 Å². The fourth-order valence-corrected chi connectivity index (χ4v) is 3.94. The van der Waals surface area contributed by atoms with Gasteiger partial charge < -0.3 is 14.2 Å². The molecule has 0 aromatic heterocycles. The summed E-state index contributed by atoms with van der Waals surface area (Å²) in [6, 6.07) is 12.5. The molecule has 6 nitrogen and oxygen atoms in total. The molecule has 1 heterocycles. The first kappa shape index (κ1) is 23.0. The summed E-state index contributed by atoms with van der Waals surface area (Å²) in [6.45, 7) is 6.55. The maximum atomic E-state index is 12.7. The summed E-state index contributed by atoms with van der Waals surface area (Å²) < 4.78 is 17.0. The van der Waals surface area contributed by atoms with E-state index in [2.05, 4.69) is 0 Å². The maximum absolute atomic E-state index is 12.7. The smallest absolute Gasteiger partial charge is 0.293 e. The Kier molecular flexibility index (Phi) is 7.87. The predicted octanol–water partition coefficient (Wildman–Crippen LogP) is 5.64. The Balaban J connectivity index is 1.69. The number of rotatable bonds is 9. The minimum atomic E-state index is -0.349. The van der Waals surface area contributed by atoms with Gasteiger partial charge in [-0.25, -0.2) is 0 Å². The van der Waals surface area contributed by atoms with Crippen molar-refractivity contribution in [3.05, 3.63) is 58.0 Å². The van der Waals surface area contributed by atoms with Crippen molar-refractivity contribution in [1.82, 2.24) is 4.90 Å². The molecule has 1 aliphatic rings. The molecule has 2 aromatic carbocycles. The molecule has 2 amide bonds. The summed E-state index contributed by atoms with van der Waals surface area (Å²) in [5, 5.41) is 0.148. The van der Waals surface area contributed by atoms with E-state index in [0.717, 1.165) is 17.3 Å². The third-order valence-electron chi connectivity index (χ3n) is 4.21. The number of carbonyl (C=O) groups is 2. The van der Waals surface area contributed by atoms with Crippen LogP contribution in [-0.2, 0) is 4.79 Å². The van der Waals surface area contributed by atoms with Crippen molar-refractivity contribution in [3.63, 3.8) is 0 Å².